The molecule has 3 aromatic rings. The van der Waals surface area contributed by atoms with E-state index < -0.39 is 10.0 Å². The van der Waals surface area contributed by atoms with E-state index in [0.717, 1.165) is 16.7 Å². The summed E-state index contributed by atoms with van der Waals surface area (Å²) in [6, 6.07) is 16.8. The van der Waals surface area contributed by atoms with Crippen molar-refractivity contribution in [1.82, 2.24) is 14.9 Å². The van der Waals surface area contributed by atoms with Crippen LogP contribution in [0, 0.1) is 6.92 Å². The van der Waals surface area contributed by atoms with Crippen molar-refractivity contribution in [2.75, 3.05) is 6.54 Å². The van der Waals surface area contributed by atoms with Crippen molar-refractivity contribution in [1.29, 1.82) is 0 Å². The lowest BCUT2D eigenvalue weighted by atomic mass is 10.1. The van der Waals surface area contributed by atoms with Gasteiger partial charge in [-0.05, 0) is 12.5 Å². The Bertz CT molecular complexity index is 920. The van der Waals surface area contributed by atoms with Gasteiger partial charge in [-0.1, -0.05) is 65.3 Å². The lowest BCUT2D eigenvalue weighted by molar-refractivity contribution is 0.379. The monoisotopic (exact) mass is 357 g/mol. The first-order valence-corrected chi connectivity index (χ1v) is 9.58. The van der Waals surface area contributed by atoms with Crippen LogP contribution in [0.2, 0.25) is 0 Å². The van der Waals surface area contributed by atoms with Crippen molar-refractivity contribution >= 4 is 10.0 Å². The second kappa shape index (κ2) is 7.58. The third-order valence-electron chi connectivity index (χ3n) is 3.64. The number of aromatic nitrogens is 2. The van der Waals surface area contributed by atoms with E-state index in [4.69, 9.17) is 4.52 Å². The van der Waals surface area contributed by atoms with Crippen LogP contribution < -0.4 is 4.72 Å². The van der Waals surface area contributed by atoms with Gasteiger partial charge in [0, 0.05) is 18.5 Å². The summed E-state index contributed by atoms with van der Waals surface area (Å²) in [5, 5.41) is 3.94. The molecule has 0 atom stereocenters. The zero-order chi connectivity index (χ0) is 17.7. The van der Waals surface area contributed by atoms with Crippen LogP contribution in [0.4, 0.5) is 0 Å². The third-order valence-corrected chi connectivity index (χ3v) is 5.00. The van der Waals surface area contributed by atoms with E-state index in [-0.39, 0.29) is 12.3 Å². The molecule has 0 aliphatic rings. The zero-order valence-electron chi connectivity index (χ0n) is 13.8. The number of rotatable bonds is 7. The molecule has 0 unspecified atom stereocenters. The van der Waals surface area contributed by atoms with Crippen molar-refractivity contribution in [3.05, 3.63) is 71.6 Å². The highest BCUT2D eigenvalue weighted by Gasteiger charge is 2.13. The van der Waals surface area contributed by atoms with Gasteiger partial charge in [0.1, 0.15) is 0 Å². The van der Waals surface area contributed by atoms with Crippen molar-refractivity contribution in [3.8, 4) is 11.4 Å². The van der Waals surface area contributed by atoms with Gasteiger partial charge < -0.3 is 4.52 Å². The molecule has 0 fully saturated rings. The Morgan fingerprint density at radius 3 is 2.48 bits per heavy atom. The largest absolute Gasteiger partial charge is 0.339 e. The SMILES string of the molecule is Cc1ccc(-c2noc(CCNS(=O)(=O)Cc3ccccc3)n2)cc1. The summed E-state index contributed by atoms with van der Waals surface area (Å²) in [6.07, 6.45) is 0.340. The fraction of sp³-hybridized carbons (Fsp3) is 0.222. The molecule has 7 heteroatoms. The summed E-state index contributed by atoms with van der Waals surface area (Å²) in [5.74, 6) is 0.854. The summed E-state index contributed by atoms with van der Waals surface area (Å²) < 4.78 is 31.9. The first kappa shape index (κ1) is 17.3. The minimum absolute atomic E-state index is 0.0493. The Hall–Kier alpha value is -2.51. The highest BCUT2D eigenvalue weighted by atomic mass is 32.2. The number of hydrogen-bond acceptors (Lipinski definition) is 5. The molecule has 0 bridgehead atoms. The van der Waals surface area contributed by atoms with Gasteiger partial charge in [0.05, 0.1) is 5.75 Å². The minimum atomic E-state index is -3.39. The van der Waals surface area contributed by atoms with Crippen LogP contribution in [0.25, 0.3) is 11.4 Å². The molecule has 0 spiro atoms. The molecule has 0 aliphatic heterocycles. The fourth-order valence-electron chi connectivity index (χ4n) is 2.33. The van der Waals surface area contributed by atoms with E-state index in [2.05, 4.69) is 14.9 Å². The van der Waals surface area contributed by atoms with Crippen LogP contribution in [0.1, 0.15) is 17.0 Å². The maximum Gasteiger partial charge on any atom is 0.228 e. The van der Waals surface area contributed by atoms with Gasteiger partial charge in [-0.2, -0.15) is 4.98 Å². The predicted molar refractivity (Wildman–Crippen MR) is 95.2 cm³/mol. The van der Waals surface area contributed by atoms with Crippen LogP contribution in [0.3, 0.4) is 0 Å². The summed E-state index contributed by atoms with van der Waals surface area (Å²) in [7, 11) is -3.39. The molecule has 0 saturated heterocycles. The van der Waals surface area contributed by atoms with Gasteiger partial charge >= 0.3 is 0 Å². The number of aryl methyl sites for hydroxylation is 1. The molecule has 1 heterocycles. The molecule has 1 N–H and O–H groups in total. The Labute approximate surface area is 147 Å². The van der Waals surface area contributed by atoms with Gasteiger partial charge in [-0.15, -0.1) is 0 Å². The van der Waals surface area contributed by atoms with Crippen molar-refractivity contribution < 1.29 is 12.9 Å². The zero-order valence-corrected chi connectivity index (χ0v) is 14.7. The quantitative estimate of drug-likeness (QED) is 0.703. The average molecular weight is 357 g/mol. The second-order valence-electron chi connectivity index (χ2n) is 5.77. The molecular formula is C18H19N3O3S. The first-order chi connectivity index (χ1) is 12.0. The fourth-order valence-corrected chi connectivity index (χ4v) is 3.48. The molecule has 1 aromatic heterocycles. The van der Waals surface area contributed by atoms with Crippen molar-refractivity contribution in [2.45, 2.75) is 19.1 Å². The number of nitrogens with one attached hydrogen (secondary N) is 1. The van der Waals surface area contributed by atoms with Crippen LogP contribution in [-0.4, -0.2) is 25.1 Å². The first-order valence-electron chi connectivity index (χ1n) is 7.93. The Balaban J connectivity index is 1.55. The van der Waals surface area contributed by atoms with Gasteiger partial charge in [0.15, 0.2) is 0 Å². The second-order valence-corrected chi connectivity index (χ2v) is 7.57. The number of hydrogen-bond donors (Lipinski definition) is 1. The molecule has 0 radical (unpaired) electrons. The highest BCUT2D eigenvalue weighted by Crippen LogP contribution is 2.16. The molecular weight excluding hydrogens is 338 g/mol. The van der Waals surface area contributed by atoms with E-state index in [1.54, 1.807) is 12.1 Å². The summed E-state index contributed by atoms with van der Waals surface area (Å²) in [4.78, 5) is 4.30. The van der Waals surface area contributed by atoms with Crippen LogP contribution in [0.5, 0.6) is 0 Å². The molecule has 3 rings (SSSR count). The van der Waals surface area contributed by atoms with Crippen LogP contribution >= 0.6 is 0 Å². The highest BCUT2D eigenvalue weighted by molar-refractivity contribution is 7.88. The normalized spacial score (nSPS) is 11.6. The van der Waals surface area contributed by atoms with E-state index in [1.807, 2.05) is 49.4 Å². The Morgan fingerprint density at radius 1 is 1.04 bits per heavy atom. The summed E-state index contributed by atoms with van der Waals surface area (Å²) in [6.45, 7) is 2.22. The molecule has 6 nitrogen and oxygen atoms in total. The summed E-state index contributed by atoms with van der Waals surface area (Å²) in [5.41, 5.74) is 2.76. The molecule has 0 aliphatic carbocycles. The van der Waals surface area contributed by atoms with E-state index in [9.17, 15) is 8.42 Å². The van der Waals surface area contributed by atoms with E-state index in [0.29, 0.717) is 18.1 Å². The predicted octanol–water partition coefficient (Wildman–Crippen LogP) is 2.71. The molecule has 130 valence electrons. The molecule has 2 aromatic carbocycles. The van der Waals surface area contributed by atoms with Gasteiger partial charge in [0.2, 0.25) is 21.7 Å². The standard InChI is InChI=1S/C18H19N3O3S/c1-14-7-9-16(10-8-14)18-20-17(24-21-18)11-12-19-25(22,23)13-15-5-3-2-4-6-15/h2-10,19H,11-13H2,1H3. The Morgan fingerprint density at radius 2 is 1.76 bits per heavy atom. The maximum atomic E-state index is 12.1. The lowest BCUT2D eigenvalue weighted by Gasteiger charge is -2.05. The van der Waals surface area contributed by atoms with Gasteiger partial charge in [0.25, 0.3) is 0 Å². The third kappa shape index (κ3) is 4.98. The van der Waals surface area contributed by atoms with Crippen LogP contribution in [-0.2, 0) is 22.2 Å². The van der Waals surface area contributed by atoms with Gasteiger partial charge in [-0.25, -0.2) is 13.1 Å². The van der Waals surface area contributed by atoms with Gasteiger partial charge in [-0.3, -0.25) is 0 Å². The molecule has 0 amide bonds. The van der Waals surface area contributed by atoms with Crippen molar-refractivity contribution in [3.63, 3.8) is 0 Å². The van der Waals surface area contributed by atoms with Crippen LogP contribution in [0.15, 0.2) is 59.1 Å². The number of sulfonamides is 1. The maximum absolute atomic E-state index is 12.1. The number of nitrogens with zero attached hydrogens (tertiary/aromatic N) is 2. The van der Waals surface area contributed by atoms with E-state index >= 15 is 0 Å². The molecule has 0 saturated carbocycles. The van der Waals surface area contributed by atoms with Crippen molar-refractivity contribution in [2.24, 2.45) is 0 Å². The summed E-state index contributed by atoms with van der Waals surface area (Å²) >= 11 is 0. The van der Waals surface area contributed by atoms with E-state index in [1.165, 1.54) is 0 Å². The lowest BCUT2D eigenvalue weighted by Crippen LogP contribution is -2.27. The minimum Gasteiger partial charge on any atom is -0.339 e. The number of benzene rings is 2. The smallest absolute Gasteiger partial charge is 0.228 e. The average Bonchev–Trinajstić information content (AvgIpc) is 3.04. The topological polar surface area (TPSA) is 85.1 Å². The molecule has 25 heavy (non-hydrogen) atoms. The Kier molecular flexibility index (Phi) is 5.25.